The summed E-state index contributed by atoms with van der Waals surface area (Å²) < 4.78 is 7.15. The minimum atomic E-state index is -1.05. The van der Waals surface area contributed by atoms with Crippen LogP contribution in [-0.4, -0.2) is 14.0 Å². The molecule has 1 aromatic heterocycles. The first-order chi connectivity index (χ1) is 8.28. The van der Waals surface area contributed by atoms with Crippen molar-refractivity contribution < 1.29 is 4.43 Å². The van der Waals surface area contributed by atoms with Crippen molar-refractivity contribution in [3.63, 3.8) is 0 Å². The predicted octanol–water partition coefficient (Wildman–Crippen LogP) is 4.71. The van der Waals surface area contributed by atoms with E-state index in [1.807, 2.05) is 12.3 Å². The number of hydrogen-bond donors (Lipinski definition) is 0. The van der Waals surface area contributed by atoms with Crippen LogP contribution in [0.2, 0.25) is 13.1 Å². The van der Waals surface area contributed by atoms with Crippen molar-refractivity contribution in [3.05, 3.63) is 28.5 Å². The Kier molecular flexibility index (Phi) is 6.01. The number of hydrogen-bond acceptors (Lipinski definition) is 2. The smallest absolute Gasteiger partial charge is 0.171 e. The van der Waals surface area contributed by atoms with Crippen LogP contribution in [0, 0.1) is 5.41 Å². The maximum Gasteiger partial charge on any atom is 0.171 e. The van der Waals surface area contributed by atoms with Crippen LogP contribution in [0.4, 0.5) is 0 Å². The quantitative estimate of drug-likeness (QED) is 0.729. The number of halogens is 1. The first-order valence-electron chi connectivity index (χ1n) is 6.55. The van der Waals surface area contributed by atoms with Gasteiger partial charge in [-0.05, 0) is 59.4 Å². The van der Waals surface area contributed by atoms with Crippen molar-refractivity contribution in [3.8, 4) is 0 Å². The van der Waals surface area contributed by atoms with E-state index in [0.29, 0.717) is 5.41 Å². The molecule has 102 valence electrons. The molecule has 1 unspecified atom stereocenters. The molecule has 0 aliphatic rings. The van der Waals surface area contributed by atoms with Crippen molar-refractivity contribution in [1.29, 1.82) is 0 Å². The number of aromatic nitrogens is 1. The van der Waals surface area contributed by atoms with Crippen LogP contribution in [0.15, 0.2) is 22.8 Å². The van der Waals surface area contributed by atoms with Crippen molar-refractivity contribution in [1.82, 2.24) is 4.98 Å². The summed E-state index contributed by atoms with van der Waals surface area (Å²) in [6.07, 6.45) is 4.20. The minimum absolute atomic E-state index is 0.156. The van der Waals surface area contributed by atoms with Gasteiger partial charge < -0.3 is 4.43 Å². The molecule has 4 heteroatoms. The standard InChI is InChI=1S/C14H24BrNOSi/c1-14(2,3)9-8-13(17-18(4)5)12-7-6-11(15)10-16-12/h6-7,10,13,18H,8-9H2,1-5H3. The zero-order chi connectivity index (χ0) is 13.8. The average Bonchev–Trinajstić information content (AvgIpc) is 2.24. The van der Waals surface area contributed by atoms with E-state index < -0.39 is 9.04 Å². The summed E-state index contributed by atoms with van der Waals surface area (Å²) >= 11 is 3.42. The van der Waals surface area contributed by atoms with E-state index in [0.717, 1.165) is 23.0 Å². The predicted molar refractivity (Wildman–Crippen MR) is 83.3 cm³/mol. The van der Waals surface area contributed by atoms with Gasteiger partial charge >= 0.3 is 0 Å². The zero-order valence-electron chi connectivity index (χ0n) is 12.0. The molecule has 0 saturated heterocycles. The van der Waals surface area contributed by atoms with Gasteiger partial charge in [0.15, 0.2) is 9.04 Å². The lowest BCUT2D eigenvalue weighted by molar-refractivity contribution is 0.169. The summed E-state index contributed by atoms with van der Waals surface area (Å²) in [5.74, 6) is 0. The summed E-state index contributed by atoms with van der Waals surface area (Å²) in [5.41, 5.74) is 1.40. The molecular weight excluding hydrogens is 306 g/mol. The summed E-state index contributed by atoms with van der Waals surface area (Å²) in [5, 5.41) is 0. The Morgan fingerprint density at radius 3 is 2.44 bits per heavy atom. The lowest BCUT2D eigenvalue weighted by Crippen LogP contribution is -2.17. The maximum absolute atomic E-state index is 6.13. The highest BCUT2D eigenvalue weighted by atomic mass is 79.9. The van der Waals surface area contributed by atoms with E-state index in [9.17, 15) is 0 Å². The molecule has 0 aromatic carbocycles. The molecule has 0 N–H and O–H groups in total. The molecule has 0 saturated carbocycles. The summed E-state index contributed by atoms with van der Waals surface area (Å²) in [7, 11) is -1.05. The van der Waals surface area contributed by atoms with E-state index in [-0.39, 0.29) is 6.10 Å². The van der Waals surface area contributed by atoms with Crippen molar-refractivity contribution in [2.45, 2.75) is 52.8 Å². The van der Waals surface area contributed by atoms with Crippen LogP contribution in [0.25, 0.3) is 0 Å². The molecule has 0 spiro atoms. The van der Waals surface area contributed by atoms with Gasteiger partial charge in [-0.3, -0.25) is 4.98 Å². The molecule has 0 amide bonds. The third-order valence-electron chi connectivity index (χ3n) is 2.67. The van der Waals surface area contributed by atoms with Crippen molar-refractivity contribution >= 4 is 25.0 Å². The van der Waals surface area contributed by atoms with Gasteiger partial charge in [0, 0.05) is 10.7 Å². The number of pyridine rings is 1. The van der Waals surface area contributed by atoms with Crippen LogP contribution in [0.1, 0.15) is 45.4 Å². The Morgan fingerprint density at radius 2 is 2.00 bits per heavy atom. The molecule has 0 bridgehead atoms. The molecular formula is C14H24BrNOSi. The van der Waals surface area contributed by atoms with E-state index in [1.54, 1.807) is 0 Å². The third-order valence-corrected chi connectivity index (χ3v) is 4.02. The molecule has 1 atom stereocenters. The highest BCUT2D eigenvalue weighted by Crippen LogP contribution is 2.29. The Balaban J connectivity index is 2.74. The van der Waals surface area contributed by atoms with Crippen LogP contribution in [0.5, 0.6) is 0 Å². The molecule has 0 radical (unpaired) electrons. The average molecular weight is 330 g/mol. The monoisotopic (exact) mass is 329 g/mol. The molecule has 1 rings (SSSR count). The van der Waals surface area contributed by atoms with Gasteiger partial charge in [0.25, 0.3) is 0 Å². The van der Waals surface area contributed by atoms with Crippen molar-refractivity contribution in [2.75, 3.05) is 0 Å². The first-order valence-corrected chi connectivity index (χ1v) is 10.1. The lowest BCUT2D eigenvalue weighted by Gasteiger charge is -2.24. The number of nitrogens with zero attached hydrogens (tertiary/aromatic N) is 1. The van der Waals surface area contributed by atoms with Gasteiger partial charge in [0.2, 0.25) is 0 Å². The van der Waals surface area contributed by atoms with Crippen LogP contribution >= 0.6 is 15.9 Å². The van der Waals surface area contributed by atoms with Gasteiger partial charge in [0.05, 0.1) is 11.8 Å². The van der Waals surface area contributed by atoms with Gasteiger partial charge in [-0.1, -0.05) is 20.8 Å². The fourth-order valence-corrected chi connectivity index (χ4v) is 2.92. The van der Waals surface area contributed by atoms with E-state index in [2.05, 4.69) is 60.8 Å². The Morgan fingerprint density at radius 1 is 1.33 bits per heavy atom. The van der Waals surface area contributed by atoms with Crippen molar-refractivity contribution in [2.24, 2.45) is 5.41 Å². The fourth-order valence-electron chi connectivity index (χ4n) is 1.76. The third kappa shape index (κ3) is 6.11. The normalized spacial score (nSPS) is 13.9. The highest BCUT2D eigenvalue weighted by Gasteiger charge is 2.19. The topological polar surface area (TPSA) is 22.1 Å². The largest absolute Gasteiger partial charge is 0.412 e. The van der Waals surface area contributed by atoms with Crippen LogP contribution in [-0.2, 0) is 4.43 Å². The Hall–Kier alpha value is -0.193. The Bertz CT molecular complexity index is 359. The molecule has 1 heterocycles. The van der Waals surface area contributed by atoms with E-state index in [1.165, 1.54) is 0 Å². The second-order valence-electron chi connectivity index (χ2n) is 6.17. The SMILES string of the molecule is C[SiH](C)OC(CCC(C)(C)C)c1ccc(Br)cn1. The zero-order valence-corrected chi connectivity index (χ0v) is 14.8. The fraction of sp³-hybridized carbons (Fsp3) is 0.643. The molecule has 1 aromatic rings. The van der Waals surface area contributed by atoms with Gasteiger partial charge in [-0.25, -0.2) is 0 Å². The van der Waals surface area contributed by atoms with E-state index >= 15 is 0 Å². The minimum Gasteiger partial charge on any atom is -0.412 e. The molecule has 0 aliphatic carbocycles. The lowest BCUT2D eigenvalue weighted by atomic mass is 9.89. The second kappa shape index (κ2) is 6.82. The van der Waals surface area contributed by atoms with Crippen LogP contribution in [0.3, 0.4) is 0 Å². The molecule has 18 heavy (non-hydrogen) atoms. The molecule has 2 nitrogen and oxygen atoms in total. The Labute approximate surface area is 121 Å². The van der Waals surface area contributed by atoms with Gasteiger partial charge in [-0.2, -0.15) is 0 Å². The highest BCUT2D eigenvalue weighted by molar-refractivity contribution is 9.10. The van der Waals surface area contributed by atoms with Crippen LogP contribution < -0.4 is 0 Å². The first kappa shape index (κ1) is 15.9. The number of rotatable bonds is 5. The second-order valence-corrected chi connectivity index (χ2v) is 9.46. The van der Waals surface area contributed by atoms with Gasteiger partial charge in [0.1, 0.15) is 0 Å². The summed E-state index contributed by atoms with van der Waals surface area (Å²) in [4.78, 5) is 4.48. The summed E-state index contributed by atoms with van der Waals surface area (Å²) in [6, 6.07) is 4.10. The maximum atomic E-state index is 6.13. The summed E-state index contributed by atoms with van der Waals surface area (Å²) in [6.45, 7) is 11.2. The van der Waals surface area contributed by atoms with E-state index in [4.69, 9.17) is 4.43 Å². The molecule has 0 aliphatic heterocycles. The van der Waals surface area contributed by atoms with Gasteiger partial charge in [-0.15, -0.1) is 0 Å². The molecule has 0 fully saturated rings.